The minimum atomic E-state index is -0.419. The Morgan fingerprint density at radius 3 is 2.78 bits per heavy atom. The number of anilines is 1. The molecule has 2 heterocycles. The number of rotatable bonds is 3. The van der Waals surface area contributed by atoms with Gasteiger partial charge in [-0.25, -0.2) is 4.98 Å². The number of nitrogens with two attached hydrogens (primary N) is 1. The summed E-state index contributed by atoms with van der Waals surface area (Å²) in [5, 5.41) is 7.88. The van der Waals surface area contributed by atoms with E-state index in [1.54, 1.807) is 18.2 Å². The van der Waals surface area contributed by atoms with Gasteiger partial charge < -0.3 is 5.73 Å². The molecule has 2 rings (SSSR count). The lowest BCUT2D eigenvalue weighted by atomic mass is 10.0. The summed E-state index contributed by atoms with van der Waals surface area (Å²) in [5.41, 5.74) is 6.60. The van der Waals surface area contributed by atoms with Crippen LogP contribution in [0.4, 0.5) is 5.69 Å². The molecule has 0 aliphatic heterocycles. The second-order valence-electron chi connectivity index (χ2n) is 3.53. The van der Waals surface area contributed by atoms with Crippen molar-refractivity contribution in [1.29, 1.82) is 5.41 Å². The molecule has 0 atom stereocenters. The van der Waals surface area contributed by atoms with Gasteiger partial charge in [-0.05, 0) is 34.1 Å². The van der Waals surface area contributed by atoms with Crippen molar-refractivity contribution in [2.75, 3.05) is 5.73 Å². The van der Waals surface area contributed by atoms with Crippen LogP contribution in [0.15, 0.2) is 41.4 Å². The van der Waals surface area contributed by atoms with Crippen molar-refractivity contribution < 1.29 is 4.79 Å². The molecule has 90 valence electrons. The second-order valence-corrected chi connectivity index (χ2v) is 4.35. The number of nitrogen functional groups attached to an aromatic ring is 1. The molecule has 0 amide bonds. The fraction of sp³-hybridized carbons (Fsp3) is 0. The molecule has 2 aromatic heterocycles. The number of Topliss-reactive ketones (excluding diaryl/α,β-unsaturated/α-hetero) is 1. The van der Waals surface area contributed by atoms with Crippen molar-refractivity contribution in [3.8, 4) is 0 Å². The first-order chi connectivity index (χ1) is 8.59. The van der Waals surface area contributed by atoms with Crippen LogP contribution in [0.25, 0.3) is 0 Å². The Balaban J connectivity index is 2.36. The van der Waals surface area contributed by atoms with E-state index in [0.29, 0.717) is 21.4 Å². The van der Waals surface area contributed by atoms with Gasteiger partial charge in [0.15, 0.2) is 0 Å². The van der Waals surface area contributed by atoms with E-state index in [1.807, 2.05) is 0 Å². The van der Waals surface area contributed by atoms with E-state index >= 15 is 0 Å². The zero-order valence-corrected chi connectivity index (χ0v) is 10.8. The van der Waals surface area contributed by atoms with Gasteiger partial charge >= 0.3 is 0 Å². The summed E-state index contributed by atoms with van der Waals surface area (Å²) in [4.78, 5) is 19.9. The first-order valence-electron chi connectivity index (χ1n) is 5.04. The van der Waals surface area contributed by atoms with Gasteiger partial charge in [0.05, 0.1) is 0 Å². The fourth-order valence-corrected chi connectivity index (χ4v) is 1.79. The van der Waals surface area contributed by atoms with Crippen molar-refractivity contribution in [2.24, 2.45) is 0 Å². The van der Waals surface area contributed by atoms with Gasteiger partial charge in [-0.2, -0.15) is 0 Å². The lowest BCUT2D eigenvalue weighted by molar-refractivity contribution is 0.106. The van der Waals surface area contributed by atoms with Crippen LogP contribution >= 0.6 is 15.9 Å². The van der Waals surface area contributed by atoms with E-state index < -0.39 is 5.78 Å². The number of halogens is 1. The maximum atomic E-state index is 12.1. The molecule has 0 saturated carbocycles. The number of nitrogens with one attached hydrogen (secondary N) is 1. The molecule has 0 fully saturated rings. The smallest absolute Gasteiger partial charge is 0.211 e. The minimum absolute atomic E-state index is 0.182. The number of carbonyl (C=O) groups is 1. The maximum Gasteiger partial charge on any atom is 0.211 e. The first-order valence-corrected chi connectivity index (χ1v) is 5.83. The number of pyridine rings is 2. The molecule has 0 aromatic carbocycles. The van der Waals surface area contributed by atoms with Crippen LogP contribution in [0.2, 0.25) is 0 Å². The summed E-state index contributed by atoms with van der Waals surface area (Å²) >= 11 is 3.18. The summed E-state index contributed by atoms with van der Waals surface area (Å²) in [5.74, 6) is -0.419. The average Bonchev–Trinajstić information content (AvgIpc) is 2.37. The van der Waals surface area contributed by atoms with Crippen LogP contribution in [-0.4, -0.2) is 21.5 Å². The zero-order chi connectivity index (χ0) is 13.1. The third-order valence-corrected chi connectivity index (χ3v) is 2.77. The van der Waals surface area contributed by atoms with Gasteiger partial charge in [0.1, 0.15) is 10.3 Å². The molecule has 0 aliphatic rings. The molecule has 0 unspecified atom stereocenters. The Hall–Kier alpha value is -2.08. The lowest BCUT2D eigenvalue weighted by Gasteiger charge is -2.05. The van der Waals surface area contributed by atoms with Gasteiger partial charge in [0, 0.05) is 35.4 Å². The highest BCUT2D eigenvalue weighted by Crippen LogP contribution is 2.14. The highest BCUT2D eigenvalue weighted by atomic mass is 79.9. The van der Waals surface area contributed by atoms with Crippen molar-refractivity contribution in [1.82, 2.24) is 9.97 Å². The van der Waals surface area contributed by atoms with Gasteiger partial charge in [-0.1, -0.05) is 0 Å². The molecule has 18 heavy (non-hydrogen) atoms. The summed E-state index contributed by atoms with van der Waals surface area (Å²) in [6.07, 6.45) is 4.42. The topological polar surface area (TPSA) is 92.7 Å². The number of aromatic nitrogens is 2. The molecule has 5 nitrogen and oxygen atoms in total. The van der Waals surface area contributed by atoms with Crippen molar-refractivity contribution in [2.45, 2.75) is 0 Å². The summed E-state index contributed by atoms with van der Waals surface area (Å²) < 4.78 is 0.542. The van der Waals surface area contributed by atoms with E-state index in [9.17, 15) is 4.79 Å². The highest BCUT2D eigenvalue weighted by molar-refractivity contribution is 9.10. The quantitative estimate of drug-likeness (QED) is 0.516. The predicted molar refractivity (Wildman–Crippen MR) is 71.7 cm³/mol. The molecular weight excluding hydrogens is 296 g/mol. The monoisotopic (exact) mass is 304 g/mol. The summed E-state index contributed by atoms with van der Waals surface area (Å²) in [6, 6.07) is 4.66. The van der Waals surface area contributed by atoms with Gasteiger partial charge in [-0.3, -0.25) is 15.2 Å². The Morgan fingerprint density at radius 1 is 1.33 bits per heavy atom. The standard InChI is InChI=1S/C12H9BrN4O/c13-10-5-7(1-4-17-10)12(18)11(15)8-6-16-3-2-9(8)14/h1-6,15H,(H2,14,16). The van der Waals surface area contributed by atoms with Gasteiger partial charge in [0.25, 0.3) is 0 Å². The molecule has 2 aromatic rings. The van der Waals surface area contributed by atoms with E-state index in [1.165, 1.54) is 18.6 Å². The molecule has 6 heteroatoms. The van der Waals surface area contributed by atoms with Crippen molar-refractivity contribution >= 4 is 33.1 Å². The lowest BCUT2D eigenvalue weighted by Crippen LogP contribution is -2.16. The zero-order valence-electron chi connectivity index (χ0n) is 9.22. The van der Waals surface area contributed by atoms with Crippen LogP contribution in [0.1, 0.15) is 15.9 Å². The third kappa shape index (κ3) is 2.43. The fourth-order valence-electron chi connectivity index (χ4n) is 1.42. The average molecular weight is 305 g/mol. The Morgan fingerprint density at radius 2 is 2.11 bits per heavy atom. The highest BCUT2D eigenvalue weighted by Gasteiger charge is 2.17. The van der Waals surface area contributed by atoms with Crippen LogP contribution in [0, 0.1) is 5.41 Å². The van der Waals surface area contributed by atoms with Crippen LogP contribution in [0.5, 0.6) is 0 Å². The molecule has 0 radical (unpaired) electrons. The SMILES string of the molecule is N=C(C(=O)c1ccnc(Br)c1)c1cnccc1N. The molecule has 0 spiro atoms. The molecular formula is C12H9BrN4O. The molecule has 3 N–H and O–H groups in total. The Kier molecular flexibility index (Phi) is 3.47. The van der Waals surface area contributed by atoms with Gasteiger partial charge in [0.2, 0.25) is 5.78 Å². The van der Waals surface area contributed by atoms with Crippen LogP contribution in [-0.2, 0) is 0 Å². The van der Waals surface area contributed by atoms with Gasteiger partial charge in [-0.15, -0.1) is 0 Å². The Labute approximate surface area is 112 Å². The first kappa shape index (κ1) is 12.4. The molecule has 0 bridgehead atoms. The third-order valence-electron chi connectivity index (χ3n) is 2.34. The molecule has 0 aliphatic carbocycles. The normalized spacial score (nSPS) is 10.1. The maximum absolute atomic E-state index is 12.1. The largest absolute Gasteiger partial charge is 0.398 e. The number of hydrogen-bond donors (Lipinski definition) is 2. The van der Waals surface area contributed by atoms with Crippen LogP contribution < -0.4 is 5.73 Å². The predicted octanol–water partition coefficient (Wildman–Crippen LogP) is 2.07. The van der Waals surface area contributed by atoms with Crippen molar-refractivity contribution in [3.05, 3.63) is 52.5 Å². The number of hydrogen-bond acceptors (Lipinski definition) is 5. The number of carbonyl (C=O) groups excluding carboxylic acids is 1. The minimum Gasteiger partial charge on any atom is -0.398 e. The molecule has 0 saturated heterocycles. The number of nitrogens with zero attached hydrogens (tertiary/aromatic N) is 2. The van der Waals surface area contributed by atoms with E-state index in [4.69, 9.17) is 11.1 Å². The second kappa shape index (κ2) is 5.05. The van der Waals surface area contributed by atoms with Crippen LogP contribution in [0.3, 0.4) is 0 Å². The Bertz CT molecular complexity index is 627. The summed E-state index contributed by atoms with van der Waals surface area (Å²) in [6.45, 7) is 0. The number of ketones is 1. The van der Waals surface area contributed by atoms with Crippen molar-refractivity contribution in [3.63, 3.8) is 0 Å². The van der Waals surface area contributed by atoms with E-state index in [-0.39, 0.29) is 5.71 Å². The van der Waals surface area contributed by atoms with E-state index in [2.05, 4.69) is 25.9 Å². The summed E-state index contributed by atoms with van der Waals surface area (Å²) in [7, 11) is 0. The van der Waals surface area contributed by atoms with E-state index in [0.717, 1.165) is 0 Å².